The number of amides is 2. The lowest BCUT2D eigenvalue weighted by atomic mass is 9.76. The van der Waals surface area contributed by atoms with Crippen molar-refractivity contribution in [3.05, 3.63) is 71.3 Å². The fourth-order valence-electron chi connectivity index (χ4n) is 6.10. The number of hydrogen-bond acceptors (Lipinski definition) is 5. The van der Waals surface area contributed by atoms with Gasteiger partial charge < -0.3 is 24.2 Å². The van der Waals surface area contributed by atoms with Crippen molar-refractivity contribution in [1.29, 1.82) is 0 Å². The number of rotatable bonds is 5. The van der Waals surface area contributed by atoms with Crippen molar-refractivity contribution < 1.29 is 19.1 Å². The van der Waals surface area contributed by atoms with E-state index in [0.29, 0.717) is 44.3 Å². The molecule has 0 aliphatic carbocycles. The van der Waals surface area contributed by atoms with Gasteiger partial charge in [0.2, 0.25) is 11.8 Å². The average molecular weight is 494 g/mol. The molecular weight excluding hydrogens is 466 g/mol. The molecule has 2 aromatic rings. The van der Waals surface area contributed by atoms with Crippen LogP contribution in [0.3, 0.4) is 0 Å². The van der Waals surface area contributed by atoms with Crippen LogP contribution in [0.5, 0.6) is 5.75 Å². The Hall–Kier alpha value is -3.03. The highest BCUT2D eigenvalue weighted by Gasteiger charge is 2.67. The third-order valence-corrected chi connectivity index (χ3v) is 8.17. The Balaban J connectivity index is 1.17. The van der Waals surface area contributed by atoms with Crippen LogP contribution in [-0.2, 0) is 20.9 Å². The van der Waals surface area contributed by atoms with Gasteiger partial charge in [-0.05, 0) is 23.8 Å². The molecule has 7 nitrogen and oxygen atoms in total. The molecule has 3 saturated heterocycles. The van der Waals surface area contributed by atoms with Crippen molar-refractivity contribution in [2.75, 3.05) is 44.7 Å². The predicted molar refractivity (Wildman–Crippen MR) is 132 cm³/mol. The standard InChI is InChI=1S/C27H28ClN3O4/c1-34-21-9-5-4-8-20(21)29-12-14-30(15-13-29)25(32)23-22-10-11-27(35-22)17-31(26(33)24(23)27)16-18-6-2-3-7-19(18)28/h2-11,22-24H,12-17H2,1H3/t22-,23-,24-,27+/m1/s1. The molecule has 4 aliphatic heterocycles. The number of piperazine rings is 1. The first-order valence-electron chi connectivity index (χ1n) is 12.1. The van der Waals surface area contributed by atoms with E-state index in [1.165, 1.54) is 0 Å². The van der Waals surface area contributed by atoms with Crippen molar-refractivity contribution in [3.63, 3.8) is 0 Å². The molecule has 4 atom stereocenters. The number of fused-ring (bicyclic) bond motifs is 1. The number of carbonyl (C=O) groups is 2. The third kappa shape index (κ3) is 3.60. The highest BCUT2D eigenvalue weighted by Crippen LogP contribution is 2.52. The lowest BCUT2D eigenvalue weighted by Crippen LogP contribution is -2.53. The lowest BCUT2D eigenvalue weighted by molar-refractivity contribution is -0.143. The SMILES string of the molecule is COc1ccccc1N1CCN(C(=O)[C@@H]2[C@H]3C=C[C@@]4(CN(Cc5ccccc5Cl)C(=O)[C@@H]24)O3)CC1. The second-order valence-electron chi connectivity index (χ2n) is 9.67. The Morgan fingerprint density at radius 1 is 1.11 bits per heavy atom. The fraction of sp³-hybridized carbons (Fsp3) is 0.407. The van der Waals surface area contributed by atoms with Crippen molar-refractivity contribution in [2.45, 2.75) is 18.2 Å². The van der Waals surface area contributed by atoms with Crippen LogP contribution in [0.25, 0.3) is 0 Å². The number of benzene rings is 2. The summed E-state index contributed by atoms with van der Waals surface area (Å²) in [4.78, 5) is 33.2. The predicted octanol–water partition coefficient (Wildman–Crippen LogP) is 2.98. The zero-order chi connectivity index (χ0) is 24.2. The Kier molecular flexibility index (Phi) is 5.49. The number of carbonyl (C=O) groups excluding carboxylic acids is 2. The zero-order valence-corrected chi connectivity index (χ0v) is 20.4. The summed E-state index contributed by atoms with van der Waals surface area (Å²) in [5.41, 5.74) is 1.21. The van der Waals surface area contributed by atoms with Crippen molar-refractivity contribution in [3.8, 4) is 5.75 Å². The maximum absolute atomic E-state index is 13.7. The number of para-hydroxylation sites is 2. The number of anilines is 1. The van der Waals surface area contributed by atoms with E-state index in [1.807, 2.05) is 65.6 Å². The van der Waals surface area contributed by atoms with Crippen LogP contribution in [0.4, 0.5) is 5.69 Å². The molecular formula is C27H28ClN3O4. The zero-order valence-electron chi connectivity index (χ0n) is 19.6. The Morgan fingerprint density at radius 2 is 1.86 bits per heavy atom. The minimum absolute atomic E-state index is 0.0128. The molecule has 0 radical (unpaired) electrons. The first-order valence-corrected chi connectivity index (χ1v) is 12.4. The second kappa shape index (κ2) is 8.57. The molecule has 182 valence electrons. The molecule has 2 amide bonds. The van der Waals surface area contributed by atoms with Gasteiger partial charge in [-0.25, -0.2) is 0 Å². The van der Waals surface area contributed by atoms with E-state index in [2.05, 4.69) is 4.90 Å². The minimum Gasteiger partial charge on any atom is -0.495 e. The quantitative estimate of drug-likeness (QED) is 0.599. The van der Waals surface area contributed by atoms with Crippen molar-refractivity contribution in [2.24, 2.45) is 11.8 Å². The number of methoxy groups -OCH3 is 1. The van der Waals surface area contributed by atoms with Crippen LogP contribution in [0.1, 0.15) is 5.56 Å². The van der Waals surface area contributed by atoms with Crippen LogP contribution in [0, 0.1) is 11.8 Å². The van der Waals surface area contributed by atoms with Crippen LogP contribution in [-0.4, -0.2) is 73.2 Å². The summed E-state index contributed by atoms with van der Waals surface area (Å²) in [5, 5.41) is 0.635. The Bertz CT molecular complexity index is 1190. The molecule has 0 saturated carbocycles. The fourth-order valence-corrected chi connectivity index (χ4v) is 6.29. The molecule has 2 bridgehead atoms. The van der Waals surface area contributed by atoms with Crippen LogP contribution in [0.15, 0.2) is 60.7 Å². The lowest BCUT2D eigenvalue weighted by Gasteiger charge is -2.38. The highest BCUT2D eigenvalue weighted by atomic mass is 35.5. The highest BCUT2D eigenvalue weighted by molar-refractivity contribution is 6.31. The van der Waals surface area contributed by atoms with Crippen molar-refractivity contribution >= 4 is 29.1 Å². The summed E-state index contributed by atoms with van der Waals surface area (Å²) in [7, 11) is 1.67. The normalized spacial score (nSPS) is 29.1. The number of halogens is 1. The van der Waals surface area contributed by atoms with Gasteiger partial charge >= 0.3 is 0 Å². The van der Waals surface area contributed by atoms with E-state index >= 15 is 0 Å². The van der Waals surface area contributed by atoms with Gasteiger partial charge in [-0.15, -0.1) is 0 Å². The van der Waals surface area contributed by atoms with Gasteiger partial charge in [-0.1, -0.05) is 54.1 Å². The van der Waals surface area contributed by atoms with Crippen LogP contribution < -0.4 is 9.64 Å². The van der Waals surface area contributed by atoms with Crippen LogP contribution >= 0.6 is 11.6 Å². The van der Waals surface area contributed by atoms with Gasteiger partial charge in [0.15, 0.2) is 0 Å². The topological polar surface area (TPSA) is 62.3 Å². The maximum atomic E-state index is 13.7. The molecule has 3 fully saturated rings. The summed E-state index contributed by atoms with van der Waals surface area (Å²) in [6.07, 6.45) is 3.62. The largest absolute Gasteiger partial charge is 0.495 e. The first kappa shape index (κ1) is 22.4. The summed E-state index contributed by atoms with van der Waals surface area (Å²) in [6.45, 7) is 3.48. The van der Waals surface area contributed by atoms with E-state index in [1.54, 1.807) is 12.0 Å². The monoisotopic (exact) mass is 493 g/mol. The number of nitrogens with zero attached hydrogens (tertiary/aromatic N) is 3. The van der Waals surface area contributed by atoms with E-state index < -0.39 is 17.4 Å². The summed E-state index contributed by atoms with van der Waals surface area (Å²) >= 11 is 6.35. The third-order valence-electron chi connectivity index (χ3n) is 7.80. The van der Waals surface area contributed by atoms with Gasteiger partial charge in [0.1, 0.15) is 11.4 Å². The molecule has 0 aromatic heterocycles. The Labute approximate surface area is 209 Å². The molecule has 0 N–H and O–H groups in total. The van der Waals surface area contributed by atoms with E-state index in [0.717, 1.165) is 17.0 Å². The van der Waals surface area contributed by atoms with E-state index in [-0.39, 0.29) is 17.9 Å². The smallest absolute Gasteiger partial charge is 0.230 e. The average Bonchev–Trinajstić information content (AvgIpc) is 3.53. The molecule has 8 heteroatoms. The summed E-state index contributed by atoms with van der Waals surface area (Å²) in [5.74, 6) is -0.154. The number of ether oxygens (including phenoxy) is 2. The first-order chi connectivity index (χ1) is 17.0. The molecule has 1 spiro atoms. The number of likely N-dealkylation sites (tertiary alicyclic amines) is 1. The van der Waals surface area contributed by atoms with Gasteiger partial charge in [0.25, 0.3) is 0 Å². The van der Waals surface area contributed by atoms with E-state index in [4.69, 9.17) is 21.1 Å². The molecule has 4 aliphatic rings. The van der Waals surface area contributed by atoms with Crippen LogP contribution in [0.2, 0.25) is 5.02 Å². The summed E-state index contributed by atoms with van der Waals surface area (Å²) in [6, 6.07) is 15.5. The van der Waals surface area contributed by atoms with Gasteiger partial charge in [0.05, 0.1) is 37.3 Å². The van der Waals surface area contributed by atoms with E-state index in [9.17, 15) is 9.59 Å². The molecule has 4 heterocycles. The minimum atomic E-state index is -0.720. The van der Waals surface area contributed by atoms with Crippen molar-refractivity contribution in [1.82, 2.24) is 9.80 Å². The van der Waals surface area contributed by atoms with Gasteiger partial charge in [-0.2, -0.15) is 0 Å². The molecule has 6 rings (SSSR count). The Morgan fingerprint density at radius 3 is 2.63 bits per heavy atom. The van der Waals surface area contributed by atoms with Gasteiger partial charge in [0, 0.05) is 37.7 Å². The summed E-state index contributed by atoms with van der Waals surface area (Å²) < 4.78 is 11.8. The molecule has 35 heavy (non-hydrogen) atoms. The maximum Gasteiger partial charge on any atom is 0.230 e. The van der Waals surface area contributed by atoms with Gasteiger partial charge in [-0.3, -0.25) is 9.59 Å². The second-order valence-corrected chi connectivity index (χ2v) is 10.1. The number of hydrogen-bond donors (Lipinski definition) is 0. The molecule has 0 unspecified atom stereocenters. The molecule has 2 aromatic carbocycles.